The predicted octanol–water partition coefficient (Wildman–Crippen LogP) is 3.70. The van der Waals surface area contributed by atoms with E-state index in [-0.39, 0.29) is 0 Å². The summed E-state index contributed by atoms with van der Waals surface area (Å²) in [6, 6.07) is 20.8. The summed E-state index contributed by atoms with van der Waals surface area (Å²) in [5.74, 6) is 5.23. The molecule has 0 saturated heterocycles. The van der Waals surface area contributed by atoms with Gasteiger partial charge in [-0.1, -0.05) is 36.1 Å². The summed E-state index contributed by atoms with van der Waals surface area (Å²) >= 11 is 0. The summed E-state index contributed by atoms with van der Waals surface area (Å²) in [5.41, 5.74) is 2.89. The summed E-state index contributed by atoms with van der Waals surface area (Å²) in [5, 5.41) is 0. The smallest absolute Gasteiger partial charge is 0.267 e. The van der Waals surface area contributed by atoms with E-state index in [9.17, 15) is 14.4 Å². The number of hydrogen-bond acceptors (Lipinski definition) is 3. The molecule has 0 atom stereocenters. The minimum absolute atomic E-state index is 0.311. The second kappa shape index (κ2) is 6.74. The van der Waals surface area contributed by atoms with Crippen LogP contribution in [0, 0.1) is 11.8 Å². The molecule has 4 rings (SSSR count). The van der Waals surface area contributed by atoms with Gasteiger partial charge in [0.05, 0.1) is 16.8 Å². The molecule has 3 aromatic carbocycles. The van der Waals surface area contributed by atoms with Gasteiger partial charge in [0.2, 0.25) is 0 Å². The molecule has 27 heavy (non-hydrogen) atoms. The molecule has 1 aliphatic heterocycles. The Balaban J connectivity index is 1.75. The van der Waals surface area contributed by atoms with Crippen LogP contribution in [0.15, 0.2) is 72.8 Å². The average molecular weight is 351 g/mol. The van der Waals surface area contributed by atoms with E-state index in [4.69, 9.17) is 0 Å². The maximum absolute atomic E-state index is 13.0. The summed E-state index contributed by atoms with van der Waals surface area (Å²) in [6.07, 6.45) is 0.712. The number of hydrogen-bond donors (Lipinski definition) is 0. The Morgan fingerprint density at radius 3 is 2.19 bits per heavy atom. The van der Waals surface area contributed by atoms with Gasteiger partial charge in [0.25, 0.3) is 11.8 Å². The third kappa shape index (κ3) is 2.92. The summed E-state index contributed by atoms with van der Waals surface area (Å²) in [4.78, 5) is 37.7. The molecule has 4 heteroatoms. The molecule has 0 fully saturated rings. The van der Waals surface area contributed by atoms with Crippen molar-refractivity contribution < 1.29 is 14.4 Å². The molecule has 0 unspecified atom stereocenters. The number of carbonyl (C=O) groups is 3. The molecule has 0 aliphatic carbocycles. The van der Waals surface area contributed by atoms with E-state index in [2.05, 4.69) is 11.8 Å². The number of aldehydes is 1. The Morgan fingerprint density at radius 2 is 1.48 bits per heavy atom. The standard InChI is InChI=1S/C23H13NO3/c25-15-17-10-13-19(14-11-17)24-22(26)20-8-4-7-18(21(20)23(24)27)12-9-16-5-2-1-3-6-16/h1-8,10-11,13-15H. The van der Waals surface area contributed by atoms with Crippen LogP contribution in [0.4, 0.5) is 5.69 Å². The number of fused-ring (bicyclic) bond motifs is 1. The molecule has 0 radical (unpaired) electrons. The maximum atomic E-state index is 13.0. The Hall–Kier alpha value is -3.97. The van der Waals surface area contributed by atoms with Crippen LogP contribution in [0.5, 0.6) is 0 Å². The van der Waals surface area contributed by atoms with Gasteiger partial charge in [-0.15, -0.1) is 0 Å². The van der Waals surface area contributed by atoms with E-state index in [1.807, 2.05) is 30.3 Å². The number of carbonyl (C=O) groups excluding carboxylic acids is 3. The van der Waals surface area contributed by atoms with Crippen molar-refractivity contribution in [3.05, 3.63) is 101 Å². The van der Waals surface area contributed by atoms with Crippen molar-refractivity contribution in [2.75, 3.05) is 4.90 Å². The topological polar surface area (TPSA) is 54.5 Å². The number of imide groups is 1. The van der Waals surface area contributed by atoms with Gasteiger partial charge >= 0.3 is 0 Å². The first-order valence-electron chi connectivity index (χ1n) is 8.33. The van der Waals surface area contributed by atoms with Crippen LogP contribution in [0.2, 0.25) is 0 Å². The minimum Gasteiger partial charge on any atom is -0.298 e. The van der Waals surface area contributed by atoms with Crippen molar-refractivity contribution in [1.82, 2.24) is 0 Å². The lowest BCUT2D eigenvalue weighted by Crippen LogP contribution is -2.29. The monoisotopic (exact) mass is 351 g/mol. The molecule has 1 aliphatic rings. The van der Waals surface area contributed by atoms with Crippen LogP contribution in [0.1, 0.15) is 42.2 Å². The second-order valence-corrected chi connectivity index (χ2v) is 6.00. The van der Waals surface area contributed by atoms with Gasteiger partial charge in [-0.25, -0.2) is 4.90 Å². The van der Waals surface area contributed by atoms with E-state index in [1.54, 1.807) is 42.5 Å². The SMILES string of the molecule is O=Cc1ccc(N2C(=O)c3cccc(C#Cc4ccccc4)c3C2=O)cc1. The van der Waals surface area contributed by atoms with Gasteiger partial charge < -0.3 is 0 Å². The number of amides is 2. The molecular formula is C23H13NO3. The van der Waals surface area contributed by atoms with Crippen molar-refractivity contribution in [3.63, 3.8) is 0 Å². The van der Waals surface area contributed by atoms with Crippen molar-refractivity contribution in [3.8, 4) is 11.8 Å². The fourth-order valence-electron chi connectivity index (χ4n) is 2.99. The molecule has 0 bridgehead atoms. The number of rotatable bonds is 2. The highest BCUT2D eigenvalue weighted by Crippen LogP contribution is 2.30. The summed E-state index contributed by atoms with van der Waals surface area (Å²) in [7, 11) is 0. The summed E-state index contributed by atoms with van der Waals surface area (Å²) < 4.78 is 0. The van der Waals surface area contributed by atoms with Crippen molar-refractivity contribution in [2.45, 2.75) is 0 Å². The third-order valence-corrected chi connectivity index (χ3v) is 4.32. The summed E-state index contributed by atoms with van der Waals surface area (Å²) in [6.45, 7) is 0. The van der Waals surface area contributed by atoms with Crippen molar-refractivity contribution >= 4 is 23.8 Å². The molecule has 3 aromatic rings. The first kappa shape index (κ1) is 16.5. The predicted molar refractivity (Wildman–Crippen MR) is 102 cm³/mol. The van der Waals surface area contributed by atoms with Crippen LogP contribution in [0.25, 0.3) is 0 Å². The zero-order valence-corrected chi connectivity index (χ0v) is 14.2. The van der Waals surface area contributed by atoms with Gasteiger partial charge in [-0.3, -0.25) is 14.4 Å². The molecule has 128 valence electrons. The zero-order valence-electron chi connectivity index (χ0n) is 14.2. The molecule has 0 spiro atoms. The Bertz CT molecular complexity index is 1120. The number of nitrogens with zero attached hydrogens (tertiary/aromatic N) is 1. The Kier molecular flexibility index (Phi) is 4.12. The molecule has 4 nitrogen and oxygen atoms in total. The van der Waals surface area contributed by atoms with E-state index < -0.39 is 11.8 Å². The normalized spacial score (nSPS) is 12.4. The lowest BCUT2D eigenvalue weighted by molar-refractivity contribution is 0.0925. The fraction of sp³-hybridized carbons (Fsp3) is 0. The van der Waals surface area contributed by atoms with Gasteiger partial charge in [-0.2, -0.15) is 0 Å². The van der Waals surface area contributed by atoms with E-state index in [0.717, 1.165) is 10.5 Å². The van der Waals surface area contributed by atoms with Crippen LogP contribution in [-0.4, -0.2) is 18.1 Å². The zero-order chi connectivity index (χ0) is 18.8. The van der Waals surface area contributed by atoms with Crippen LogP contribution >= 0.6 is 0 Å². The maximum Gasteiger partial charge on any atom is 0.267 e. The first-order chi connectivity index (χ1) is 13.2. The minimum atomic E-state index is -0.410. The van der Waals surface area contributed by atoms with Crippen molar-refractivity contribution in [2.24, 2.45) is 0 Å². The van der Waals surface area contributed by atoms with E-state index >= 15 is 0 Å². The Labute approximate surface area is 156 Å². The van der Waals surface area contributed by atoms with Gasteiger partial charge in [0.1, 0.15) is 6.29 Å². The lowest BCUT2D eigenvalue weighted by Gasteiger charge is -2.13. The van der Waals surface area contributed by atoms with Crippen LogP contribution < -0.4 is 4.90 Å². The highest BCUT2D eigenvalue weighted by molar-refractivity contribution is 6.35. The number of benzene rings is 3. The van der Waals surface area contributed by atoms with Gasteiger partial charge in [0.15, 0.2) is 0 Å². The fourth-order valence-corrected chi connectivity index (χ4v) is 2.99. The Morgan fingerprint density at radius 1 is 0.741 bits per heavy atom. The molecule has 1 heterocycles. The third-order valence-electron chi connectivity index (χ3n) is 4.32. The van der Waals surface area contributed by atoms with Gasteiger partial charge in [-0.05, 0) is 48.5 Å². The highest BCUT2D eigenvalue weighted by atomic mass is 16.2. The first-order valence-corrected chi connectivity index (χ1v) is 8.33. The second-order valence-electron chi connectivity index (χ2n) is 6.00. The number of anilines is 1. The molecule has 0 saturated carbocycles. The largest absolute Gasteiger partial charge is 0.298 e. The quantitative estimate of drug-likeness (QED) is 0.402. The van der Waals surface area contributed by atoms with E-state index in [1.165, 1.54) is 0 Å². The van der Waals surface area contributed by atoms with Crippen LogP contribution in [0.3, 0.4) is 0 Å². The lowest BCUT2D eigenvalue weighted by atomic mass is 10.0. The van der Waals surface area contributed by atoms with Crippen molar-refractivity contribution in [1.29, 1.82) is 0 Å². The van der Waals surface area contributed by atoms with Crippen LogP contribution in [-0.2, 0) is 0 Å². The van der Waals surface area contributed by atoms with Gasteiger partial charge in [0, 0.05) is 16.7 Å². The molecule has 0 aromatic heterocycles. The highest BCUT2D eigenvalue weighted by Gasteiger charge is 2.38. The van der Waals surface area contributed by atoms with E-state index in [0.29, 0.717) is 34.2 Å². The molecule has 0 N–H and O–H groups in total. The average Bonchev–Trinajstić information content (AvgIpc) is 2.98. The molecular weight excluding hydrogens is 338 g/mol. The molecule has 2 amide bonds.